The Kier molecular flexibility index (Phi) is 4.44. The molecule has 5 heteroatoms. The van der Waals surface area contributed by atoms with Gasteiger partial charge in [0.15, 0.2) is 6.54 Å². The molecule has 1 aliphatic heterocycles. The van der Waals surface area contributed by atoms with Crippen molar-refractivity contribution in [3.63, 3.8) is 0 Å². The van der Waals surface area contributed by atoms with Crippen molar-refractivity contribution < 1.29 is 14.1 Å². The first kappa shape index (κ1) is 15.9. The summed E-state index contributed by atoms with van der Waals surface area (Å²) in [5.41, 5.74) is 1.07. The molecule has 1 amide bonds. The zero-order valence-electron chi connectivity index (χ0n) is 14.1. The number of hydrogen-bond acceptors (Lipinski definition) is 2. The first-order valence-electron chi connectivity index (χ1n) is 9.31. The molecule has 1 aromatic carbocycles. The van der Waals surface area contributed by atoms with E-state index in [1.54, 1.807) is 0 Å². The van der Waals surface area contributed by atoms with Gasteiger partial charge in [-0.15, -0.1) is 0 Å². The Hall–Kier alpha value is -1.62. The van der Waals surface area contributed by atoms with Crippen LogP contribution in [-0.4, -0.2) is 44.7 Å². The van der Waals surface area contributed by atoms with Crippen LogP contribution in [0.25, 0.3) is 0 Å². The largest absolute Gasteiger partial charge is 0.360 e. The normalized spacial score (nSPS) is 29.9. The number of benzene rings is 1. The van der Waals surface area contributed by atoms with Gasteiger partial charge >= 0.3 is 0 Å². The summed E-state index contributed by atoms with van der Waals surface area (Å²) in [6.07, 6.45) is 5.20. The number of carbonyl (C=O) groups excluding carboxylic acids is 1. The lowest BCUT2D eigenvalue weighted by atomic mass is 9.95. The van der Waals surface area contributed by atoms with Crippen LogP contribution in [0.2, 0.25) is 0 Å². The van der Waals surface area contributed by atoms with Crippen molar-refractivity contribution in [3.05, 3.63) is 30.1 Å². The van der Waals surface area contributed by atoms with Crippen LogP contribution in [0.4, 0.5) is 10.1 Å². The van der Waals surface area contributed by atoms with Crippen molar-refractivity contribution in [2.75, 3.05) is 37.6 Å². The van der Waals surface area contributed by atoms with E-state index in [2.05, 4.69) is 10.2 Å². The van der Waals surface area contributed by atoms with Gasteiger partial charge in [-0.05, 0) is 55.4 Å². The number of quaternary nitrogens is 1. The van der Waals surface area contributed by atoms with Gasteiger partial charge < -0.3 is 15.1 Å². The zero-order chi connectivity index (χ0) is 16.5. The van der Waals surface area contributed by atoms with E-state index in [0.29, 0.717) is 12.6 Å². The maximum absolute atomic E-state index is 13.0. The molecular formula is C19H27FN3O+. The Morgan fingerprint density at radius 3 is 2.54 bits per heavy atom. The highest BCUT2D eigenvalue weighted by atomic mass is 19.1. The Morgan fingerprint density at radius 2 is 1.92 bits per heavy atom. The van der Waals surface area contributed by atoms with Gasteiger partial charge in [-0.25, -0.2) is 4.39 Å². The summed E-state index contributed by atoms with van der Waals surface area (Å²) >= 11 is 0. The molecule has 3 atom stereocenters. The number of rotatable bonds is 4. The molecular weight excluding hydrogens is 305 g/mol. The van der Waals surface area contributed by atoms with Gasteiger partial charge in [-0.2, -0.15) is 0 Å². The number of halogens is 1. The fourth-order valence-corrected chi connectivity index (χ4v) is 4.82. The van der Waals surface area contributed by atoms with E-state index in [0.717, 1.165) is 43.7 Å². The van der Waals surface area contributed by atoms with Crippen LogP contribution in [0.15, 0.2) is 24.3 Å². The molecule has 3 aliphatic rings. The molecule has 0 unspecified atom stereocenters. The maximum atomic E-state index is 13.0. The first-order chi connectivity index (χ1) is 11.7. The van der Waals surface area contributed by atoms with Crippen LogP contribution in [0.3, 0.4) is 0 Å². The second-order valence-corrected chi connectivity index (χ2v) is 7.74. The van der Waals surface area contributed by atoms with Crippen molar-refractivity contribution in [1.82, 2.24) is 5.32 Å². The number of piperazine rings is 1. The summed E-state index contributed by atoms with van der Waals surface area (Å²) in [5.74, 6) is 1.63. The highest BCUT2D eigenvalue weighted by Crippen LogP contribution is 2.44. The van der Waals surface area contributed by atoms with Crippen LogP contribution >= 0.6 is 0 Å². The highest BCUT2D eigenvalue weighted by Gasteiger charge is 2.40. The van der Waals surface area contributed by atoms with Gasteiger partial charge in [-0.1, -0.05) is 6.42 Å². The fraction of sp³-hybridized carbons (Fsp3) is 0.632. The molecule has 2 aliphatic carbocycles. The van der Waals surface area contributed by atoms with Crippen LogP contribution in [0.1, 0.15) is 25.7 Å². The second kappa shape index (κ2) is 6.71. The lowest BCUT2D eigenvalue weighted by Gasteiger charge is -2.33. The second-order valence-electron chi connectivity index (χ2n) is 7.74. The third-order valence-corrected chi connectivity index (χ3v) is 6.16. The smallest absolute Gasteiger partial charge is 0.275 e. The third-order valence-electron chi connectivity index (χ3n) is 6.16. The quantitative estimate of drug-likeness (QED) is 0.857. The van der Waals surface area contributed by atoms with E-state index in [1.165, 1.54) is 42.7 Å². The Balaban J connectivity index is 1.23. The van der Waals surface area contributed by atoms with E-state index < -0.39 is 0 Å². The third kappa shape index (κ3) is 3.41. The predicted molar refractivity (Wildman–Crippen MR) is 91.6 cm³/mol. The summed E-state index contributed by atoms with van der Waals surface area (Å²) in [6.45, 7) is 4.35. The minimum atomic E-state index is -0.194. The van der Waals surface area contributed by atoms with Crippen molar-refractivity contribution >= 4 is 11.6 Å². The number of nitrogens with zero attached hydrogens (tertiary/aromatic N) is 1. The number of anilines is 1. The molecule has 1 aromatic rings. The molecule has 1 heterocycles. The van der Waals surface area contributed by atoms with Crippen LogP contribution in [0, 0.1) is 17.7 Å². The number of fused-ring (bicyclic) bond motifs is 2. The van der Waals surface area contributed by atoms with Crippen molar-refractivity contribution in [3.8, 4) is 0 Å². The van der Waals surface area contributed by atoms with Gasteiger partial charge in [0.1, 0.15) is 5.82 Å². The standard InChI is InChI=1S/C19H26FN3O/c20-16-3-5-17(6-4-16)23-9-7-22(8-10-23)13-19(24)21-18-12-14-1-2-15(18)11-14/h3-6,14-15,18H,1-2,7-13H2,(H,21,24)/p+1/t14-,15+,18+/m0/s1. The van der Waals surface area contributed by atoms with Gasteiger partial charge in [0.05, 0.1) is 26.2 Å². The van der Waals surface area contributed by atoms with Gasteiger partial charge in [0.2, 0.25) is 0 Å². The summed E-state index contributed by atoms with van der Waals surface area (Å²) in [4.78, 5) is 16.0. The summed E-state index contributed by atoms with van der Waals surface area (Å²) in [7, 11) is 0. The van der Waals surface area contributed by atoms with Gasteiger partial charge in [0.25, 0.3) is 5.91 Å². The lowest BCUT2D eigenvalue weighted by Crippen LogP contribution is -3.16. The van der Waals surface area contributed by atoms with Crippen molar-refractivity contribution in [1.29, 1.82) is 0 Å². The summed E-state index contributed by atoms with van der Waals surface area (Å²) < 4.78 is 13.0. The SMILES string of the molecule is O=C(C[NH+]1CCN(c2ccc(F)cc2)CC1)N[C@@H]1C[C@H]2CC[C@@H]1C2. The number of amides is 1. The molecule has 4 nitrogen and oxygen atoms in total. The minimum Gasteiger partial charge on any atom is -0.360 e. The van der Waals surface area contributed by atoms with Crippen molar-refractivity contribution in [2.45, 2.75) is 31.7 Å². The zero-order valence-corrected chi connectivity index (χ0v) is 14.1. The topological polar surface area (TPSA) is 36.8 Å². The Bertz CT molecular complexity index is 583. The molecule has 0 spiro atoms. The van der Waals surface area contributed by atoms with Crippen LogP contribution < -0.4 is 15.1 Å². The van der Waals surface area contributed by atoms with Crippen LogP contribution in [-0.2, 0) is 4.79 Å². The molecule has 2 saturated carbocycles. The molecule has 130 valence electrons. The molecule has 1 saturated heterocycles. The molecule has 24 heavy (non-hydrogen) atoms. The van der Waals surface area contributed by atoms with Gasteiger partial charge in [0, 0.05) is 11.7 Å². The highest BCUT2D eigenvalue weighted by molar-refractivity contribution is 5.77. The Labute approximate surface area is 143 Å². The Morgan fingerprint density at radius 1 is 1.17 bits per heavy atom. The molecule has 2 N–H and O–H groups in total. The number of carbonyl (C=O) groups is 1. The van der Waals surface area contributed by atoms with E-state index >= 15 is 0 Å². The van der Waals surface area contributed by atoms with Gasteiger partial charge in [-0.3, -0.25) is 4.79 Å². The minimum absolute atomic E-state index is 0.194. The van der Waals surface area contributed by atoms with E-state index in [1.807, 2.05) is 12.1 Å². The lowest BCUT2D eigenvalue weighted by molar-refractivity contribution is -0.892. The average molecular weight is 332 g/mol. The van der Waals surface area contributed by atoms with E-state index in [-0.39, 0.29) is 11.7 Å². The molecule has 0 radical (unpaired) electrons. The van der Waals surface area contributed by atoms with Crippen LogP contribution in [0.5, 0.6) is 0 Å². The van der Waals surface area contributed by atoms with E-state index in [9.17, 15) is 9.18 Å². The monoisotopic (exact) mass is 332 g/mol. The number of hydrogen-bond donors (Lipinski definition) is 2. The summed E-state index contributed by atoms with van der Waals surface area (Å²) in [6, 6.07) is 7.13. The molecule has 4 rings (SSSR count). The number of nitrogens with one attached hydrogen (secondary N) is 2. The van der Waals surface area contributed by atoms with Crippen molar-refractivity contribution in [2.24, 2.45) is 11.8 Å². The summed E-state index contributed by atoms with van der Waals surface area (Å²) in [5, 5.41) is 3.29. The molecule has 3 fully saturated rings. The molecule has 2 bridgehead atoms. The first-order valence-corrected chi connectivity index (χ1v) is 9.31. The average Bonchev–Trinajstić information content (AvgIpc) is 3.19. The van der Waals surface area contributed by atoms with E-state index in [4.69, 9.17) is 0 Å². The maximum Gasteiger partial charge on any atom is 0.275 e. The fourth-order valence-electron chi connectivity index (χ4n) is 4.82. The predicted octanol–water partition coefficient (Wildman–Crippen LogP) is 0.835. The molecule has 0 aromatic heterocycles.